The van der Waals surface area contributed by atoms with Crippen LogP contribution in [0.3, 0.4) is 0 Å². The number of morpholine rings is 1. The molecule has 17 heavy (non-hydrogen) atoms. The maximum atomic E-state index is 12.3. The molecule has 1 rings (SSSR count). The fraction of sp³-hybridized carbons (Fsp3) is 0.800. The van der Waals surface area contributed by atoms with Crippen molar-refractivity contribution in [3.63, 3.8) is 0 Å². The lowest BCUT2D eigenvalue weighted by Crippen LogP contribution is -2.56. The summed E-state index contributed by atoms with van der Waals surface area (Å²) in [7, 11) is 0. The van der Waals surface area contributed by atoms with Crippen LogP contribution in [-0.4, -0.2) is 49.9 Å². The minimum Gasteiger partial charge on any atom is -0.377 e. The lowest BCUT2D eigenvalue weighted by atomic mass is 10.1. The van der Waals surface area contributed by atoms with Gasteiger partial charge in [0.1, 0.15) is 7.85 Å². The van der Waals surface area contributed by atoms with Gasteiger partial charge in [0.15, 0.2) is 0 Å². The van der Waals surface area contributed by atoms with Gasteiger partial charge in [-0.2, -0.15) is 0 Å². The summed E-state index contributed by atoms with van der Waals surface area (Å²) < 4.78 is 4.47. The van der Waals surface area contributed by atoms with Crippen LogP contribution in [0.2, 0.25) is 0 Å². The van der Waals surface area contributed by atoms with Gasteiger partial charge in [-0.3, -0.25) is 9.59 Å². The van der Waals surface area contributed by atoms with Gasteiger partial charge in [-0.05, 0) is 13.8 Å². The smallest absolute Gasteiger partial charge is 0.237 e. The van der Waals surface area contributed by atoms with Crippen molar-refractivity contribution >= 4 is 57.0 Å². The summed E-state index contributed by atoms with van der Waals surface area (Å²) in [5.74, 6) is -0.487. The second kappa shape index (κ2) is 6.50. The maximum Gasteiger partial charge on any atom is 0.237 e. The van der Waals surface area contributed by atoms with Gasteiger partial charge < -0.3 is 15.4 Å². The molecule has 4 atom stereocenters. The molecule has 1 aliphatic heterocycles. The molecule has 0 aromatic carbocycles. The highest BCUT2D eigenvalue weighted by atomic mass is 127. The average Bonchev–Trinajstić information content (AvgIpc) is 2.26. The molecule has 0 aromatic rings. The highest BCUT2D eigenvalue weighted by Crippen LogP contribution is 2.22. The van der Waals surface area contributed by atoms with Gasteiger partial charge in [-0.15, -0.1) is 0 Å². The normalized spacial score (nSPS) is 28.6. The van der Waals surface area contributed by atoms with Crippen molar-refractivity contribution in [2.75, 3.05) is 13.2 Å². The summed E-state index contributed by atoms with van der Waals surface area (Å²) in [5.41, 5.74) is 5.23. The molecule has 0 saturated carbocycles. The highest BCUT2D eigenvalue weighted by molar-refractivity contribution is 14.1. The van der Waals surface area contributed by atoms with E-state index in [1.54, 1.807) is 4.90 Å². The molecule has 1 fully saturated rings. The number of primary amides is 1. The Hall–Kier alpha value is 0.360. The highest BCUT2D eigenvalue weighted by Gasteiger charge is 2.37. The van der Waals surface area contributed by atoms with Gasteiger partial charge in [-0.25, -0.2) is 0 Å². The van der Waals surface area contributed by atoms with E-state index in [4.69, 9.17) is 10.5 Å². The summed E-state index contributed by atoms with van der Waals surface area (Å²) in [6, 6.07) is 0.0833. The van der Waals surface area contributed by atoms with Crippen molar-refractivity contribution in [2.45, 2.75) is 33.8 Å². The Bertz CT molecular complexity index is 304. The van der Waals surface area contributed by atoms with Crippen LogP contribution in [0.4, 0.5) is 0 Å². The van der Waals surface area contributed by atoms with Crippen LogP contribution in [-0.2, 0) is 14.3 Å². The van der Waals surface area contributed by atoms with Crippen LogP contribution >= 0.6 is 45.2 Å². The van der Waals surface area contributed by atoms with Crippen molar-refractivity contribution in [1.29, 1.82) is 0 Å². The molecule has 0 spiro atoms. The number of amides is 2. The molecule has 0 bridgehead atoms. The zero-order chi connectivity index (χ0) is 13.2. The number of alkyl halides is 2. The number of hydrogen-bond acceptors (Lipinski definition) is 3. The minimum absolute atomic E-state index is 0.0351. The van der Waals surface area contributed by atoms with Crippen LogP contribution < -0.4 is 5.73 Å². The fourth-order valence-electron chi connectivity index (χ4n) is 1.85. The Morgan fingerprint density at radius 1 is 1.24 bits per heavy atom. The van der Waals surface area contributed by atoms with Gasteiger partial charge in [0.2, 0.25) is 11.8 Å². The van der Waals surface area contributed by atoms with Crippen LogP contribution in [0.5, 0.6) is 0 Å². The number of nitrogens with two attached hydrogens (primary N) is 1. The third-order valence-corrected chi connectivity index (χ3v) is 6.65. The molecule has 4 unspecified atom stereocenters. The second-order valence-electron chi connectivity index (χ2n) is 4.19. The summed E-state index contributed by atoms with van der Waals surface area (Å²) in [5, 5.41) is 0. The Labute approximate surface area is 128 Å². The van der Waals surface area contributed by atoms with E-state index in [2.05, 4.69) is 0 Å². The Balaban J connectivity index is 2.76. The Kier molecular flexibility index (Phi) is 5.90. The van der Waals surface area contributed by atoms with Crippen LogP contribution in [0, 0.1) is 0 Å². The first-order chi connectivity index (χ1) is 7.86. The first-order valence-electron chi connectivity index (χ1n) is 5.33. The largest absolute Gasteiger partial charge is 0.377 e. The number of rotatable bonds is 3. The predicted octanol–water partition coefficient (Wildman–Crippen LogP) is 0.715. The van der Waals surface area contributed by atoms with Crippen LogP contribution in [0.1, 0.15) is 13.8 Å². The summed E-state index contributed by atoms with van der Waals surface area (Å²) in [4.78, 5) is 25.2. The zero-order valence-corrected chi connectivity index (χ0v) is 14.0. The van der Waals surface area contributed by atoms with Gasteiger partial charge in [-0.1, -0.05) is 45.2 Å². The molecule has 1 saturated heterocycles. The molecule has 1 aliphatic rings. The lowest BCUT2D eigenvalue weighted by molar-refractivity contribution is -0.143. The molecule has 2 N–H and O–H groups in total. The first kappa shape index (κ1) is 15.4. The quantitative estimate of drug-likeness (QED) is 0.493. The van der Waals surface area contributed by atoms with E-state index >= 15 is 0 Å². The third kappa shape index (κ3) is 3.66. The zero-order valence-electron chi connectivity index (χ0n) is 9.73. The SMILES string of the molecule is CC1COCC(C)N1C(=O)C(I)C(I)C(N)=O. The number of halogens is 2. The molecular weight excluding hydrogens is 450 g/mol. The molecular formula is C10H16I2N2O3. The lowest BCUT2D eigenvalue weighted by Gasteiger charge is -2.40. The number of hydrogen-bond donors (Lipinski definition) is 1. The molecule has 0 radical (unpaired) electrons. The van der Waals surface area contributed by atoms with Crippen molar-refractivity contribution in [1.82, 2.24) is 4.90 Å². The van der Waals surface area contributed by atoms with Gasteiger partial charge in [0.05, 0.1) is 25.3 Å². The van der Waals surface area contributed by atoms with Crippen molar-refractivity contribution in [3.8, 4) is 0 Å². The predicted molar refractivity (Wildman–Crippen MR) is 81.4 cm³/mol. The Morgan fingerprint density at radius 3 is 2.12 bits per heavy atom. The minimum atomic E-state index is -0.483. The number of carbonyl (C=O) groups excluding carboxylic acids is 2. The average molecular weight is 466 g/mol. The molecule has 5 nitrogen and oxygen atoms in total. The first-order valence-corrected chi connectivity index (χ1v) is 7.82. The van der Waals surface area contributed by atoms with E-state index in [1.165, 1.54) is 0 Å². The molecule has 0 aliphatic carbocycles. The standard InChI is InChI=1S/C10H16I2N2O3/c1-5-3-17-4-6(2)14(5)10(16)8(12)7(11)9(13)15/h5-8H,3-4H2,1-2H3,(H2,13,15). The molecule has 1 heterocycles. The maximum absolute atomic E-state index is 12.3. The summed E-state index contributed by atoms with van der Waals surface area (Å²) in [6.07, 6.45) is 0. The number of nitrogens with zero attached hydrogens (tertiary/aromatic N) is 1. The second-order valence-corrected chi connectivity index (χ2v) is 6.87. The fourth-order valence-corrected chi connectivity index (χ4v) is 2.83. The van der Waals surface area contributed by atoms with Gasteiger partial charge >= 0.3 is 0 Å². The number of carbonyl (C=O) groups is 2. The molecule has 98 valence electrons. The van der Waals surface area contributed by atoms with E-state index in [-0.39, 0.29) is 18.0 Å². The van der Waals surface area contributed by atoms with E-state index in [1.807, 2.05) is 59.0 Å². The van der Waals surface area contributed by atoms with Crippen LogP contribution in [0.25, 0.3) is 0 Å². The Morgan fingerprint density at radius 2 is 1.71 bits per heavy atom. The third-order valence-electron chi connectivity index (χ3n) is 2.69. The van der Waals surface area contributed by atoms with E-state index in [0.29, 0.717) is 13.2 Å². The molecule has 2 amide bonds. The van der Waals surface area contributed by atoms with Crippen molar-refractivity contribution in [2.24, 2.45) is 5.73 Å². The van der Waals surface area contributed by atoms with Crippen molar-refractivity contribution < 1.29 is 14.3 Å². The van der Waals surface area contributed by atoms with Crippen LogP contribution in [0.15, 0.2) is 0 Å². The van der Waals surface area contributed by atoms with Gasteiger partial charge in [0, 0.05) is 0 Å². The number of ether oxygens (including phenoxy) is 1. The summed E-state index contributed by atoms with van der Waals surface area (Å²) >= 11 is 3.91. The molecule has 0 aromatic heterocycles. The summed E-state index contributed by atoms with van der Waals surface area (Å²) in [6.45, 7) is 4.98. The van der Waals surface area contributed by atoms with Gasteiger partial charge in [0.25, 0.3) is 0 Å². The van der Waals surface area contributed by atoms with Crippen molar-refractivity contribution in [3.05, 3.63) is 0 Å². The topological polar surface area (TPSA) is 72.6 Å². The monoisotopic (exact) mass is 466 g/mol. The van der Waals surface area contributed by atoms with E-state index in [9.17, 15) is 9.59 Å². The molecule has 7 heteroatoms. The van der Waals surface area contributed by atoms with E-state index < -0.39 is 13.8 Å². The van der Waals surface area contributed by atoms with E-state index in [0.717, 1.165) is 0 Å².